The Kier molecular flexibility index (Phi) is 2.81. The molecular formula is C19H16O. The fourth-order valence-electron chi connectivity index (χ4n) is 2.95. The quantitative estimate of drug-likeness (QED) is 0.740. The van der Waals surface area contributed by atoms with Crippen LogP contribution in [0.1, 0.15) is 17.5 Å². The summed E-state index contributed by atoms with van der Waals surface area (Å²) in [5, 5.41) is 0. The Balaban J connectivity index is 1.85. The summed E-state index contributed by atoms with van der Waals surface area (Å²) in [6.07, 6.45) is 1.50. The molecule has 1 nitrogen and oxygen atoms in total. The maximum Gasteiger partial charge on any atom is 0.0935 e. The topological polar surface area (TPSA) is 9.23 Å². The standard InChI is InChI=1S/C19H16O/c1-3-7-14(8-4-1)17(15-9-5-2-6-10-15)13-18-16-11-12-20-19(16)18/h1-10,16,19H,11-12H2/t16-,19-/m0/s1. The molecule has 2 fully saturated rings. The van der Waals surface area contributed by atoms with Crippen LogP contribution in [-0.4, -0.2) is 12.7 Å². The highest BCUT2D eigenvalue weighted by Crippen LogP contribution is 2.48. The van der Waals surface area contributed by atoms with Crippen LogP contribution >= 0.6 is 0 Å². The summed E-state index contributed by atoms with van der Waals surface area (Å²) < 4.78 is 5.70. The fourth-order valence-corrected chi connectivity index (χ4v) is 2.95. The molecule has 0 amide bonds. The predicted octanol–water partition coefficient (Wildman–Crippen LogP) is 4.06. The van der Waals surface area contributed by atoms with Gasteiger partial charge >= 0.3 is 0 Å². The number of rotatable bonds is 2. The first-order chi connectivity index (χ1) is 9.93. The van der Waals surface area contributed by atoms with Gasteiger partial charge in [0.1, 0.15) is 0 Å². The molecule has 1 heterocycles. The van der Waals surface area contributed by atoms with Crippen LogP contribution in [0.5, 0.6) is 0 Å². The van der Waals surface area contributed by atoms with Crippen LogP contribution in [0, 0.1) is 5.92 Å². The molecule has 4 rings (SSSR count). The van der Waals surface area contributed by atoms with Gasteiger partial charge in [-0.05, 0) is 17.5 Å². The van der Waals surface area contributed by atoms with Gasteiger partial charge in [0.2, 0.25) is 0 Å². The third-order valence-electron chi connectivity index (χ3n) is 4.08. The zero-order valence-corrected chi connectivity index (χ0v) is 11.3. The third-order valence-corrected chi connectivity index (χ3v) is 4.08. The van der Waals surface area contributed by atoms with E-state index in [0.29, 0.717) is 12.0 Å². The summed E-state index contributed by atoms with van der Waals surface area (Å²) in [6, 6.07) is 21.0. The number of ether oxygens (including phenoxy) is 1. The Labute approximate surface area is 119 Å². The highest BCUT2D eigenvalue weighted by molar-refractivity contribution is 5.80. The minimum Gasteiger partial charge on any atom is -0.373 e. The van der Waals surface area contributed by atoms with Crippen LogP contribution in [0.15, 0.2) is 72.0 Å². The minimum atomic E-state index is 0.345. The van der Waals surface area contributed by atoms with Gasteiger partial charge in [-0.15, -0.1) is 5.73 Å². The molecule has 1 saturated heterocycles. The molecule has 98 valence electrons. The van der Waals surface area contributed by atoms with E-state index in [1.165, 1.54) is 22.3 Å². The molecule has 1 aliphatic heterocycles. The second kappa shape index (κ2) is 4.79. The number of benzene rings is 2. The van der Waals surface area contributed by atoms with Crippen molar-refractivity contribution in [2.45, 2.75) is 12.5 Å². The maximum atomic E-state index is 5.70. The van der Waals surface area contributed by atoms with E-state index in [1.54, 1.807) is 0 Å². The van der Waals surface area contributed by atoms with Gasteiger partial charge in [0.05, 0.1) is 6.10 Å². The van der Waals surface area contributed by atoms with Crippen molar-refractivity contribution in [3.05, 3.63) is 83.1 Å². The van der Waals surface area contributed by atoms with E-state index in [4.69, 9.17) is 4.74 Å². The van der Waals surface area contributed by atoms with Crippen molar-refractivity contribution in [1.82, 2.24) is 0 Å². The maximum absolute atomic E-state index is 5.70. The molecule has 0 aromatic heterocycles. The average Bonchev–Trinajstić information content (AvgIpc) is 2.95. The van der Waals surface area contributed by atoms with Crippen LogP contribution in [0.4, 0.5) is 0 Å². The second-order valence-electron chi connectivity index (χ2n) is 5.37. The Bertz CT molecular complexity index is 625. The van der Waals surface area contributed by atoms with Crippen molar-refractivity contribution in [3.63, 3.8) is 0 Å². The molecule has 2 atom stereocenters. The largest absolute Gasteiger partial charge is 0.373 e. The molecule has 20 heavy (non-hydrogen) atoms. The Morgan fingerprint density at radius 2 is 1.50 bits per heavy atom. The van der Waals surface area contributed by atoms with Gasteiger partial charge in [-0.25, -0.2) is 0 Å². The van der Waals surface area contributed by atoms with Crippen molar-refractivity contribution in [2.75, 3.05) is 6.61 Å². The SMILES string of the molecule is C(=C(c1ccccc1)c1ccccc1)=C1[C@H]2OCC[C@@H]12. The lowest BCUT2D eigenvalue weighted by Gasteiger charge is -2.05. The van der Waals surface area contributed by atoms with Gasteiger partial charge in [0.25, 0.3) is 0 Å². The second-order valence-corrected chi connectivity index (χ2v) is 5.37. The van der Waals surface area contributed by atoms with Crippen molar-refractivity contribution in [2.24, 2.45) is 5.92 Å². The van der Waals surface area contributed by atoms with Crippen LogP contribution in [0.25, 0.3) is 5.57 Å². The van der Waals surface area contributed by atoms with Crippen LogP contribution in [0.2, 0.25) is 0 Å². The highest BCUT2D eigenvalue weighted by Gasteiger charge is 2.49. The van der Waals surface area contributed by atoms with Crippen LogP contribution in [-0.2, 0) is 4.74 Å². The number of hydrogen-bond acceptors (Lipinski definition) is 1. The summed E-state index contributed by atoms with van der Waals surface area (Å²) in [5.41, 5.74) is 8.60. The molecular weight excluding hydrogens is 244 g/mol. The lowest BCUT2D eigenvalue weighted by molar-refractivity contribution is 0.168. The van der Waals surface area contributed by atoms with E-state index in [1.807, 2.05) is 12.1 Å². The summed E-state index contributed by atoms with van der Waals surface area (Å²) in [6.45, 7) is 0.909. The predicted molar refractivity (Wildman–Crippen MR) is 80.3 cm³/mol. The Morgan fingerprint density at radius 1 is 0.900 bits per heavy atom. The Morgan fingerprint density at radius 3 is 2.00 bits per heavy atom. The van der Waals surface area contributed by atoms with Crippen LogP contribution in [0.3, 0.4) is 0 Å². The lowest BCUT2D eigenvalue weighted by Crippen LogP contribution is -1.89. The lowest BCUT2D eigenvalue weighted by atomic mass is 9.98. The fraction of sp³-hybridized carbons (Fsp3) is 0.211. The van der Waals surface area contributed by atoms with Crippen molar-refractivity contribution >= 4 is 5.57 Å². The molecule has 1 heteroatoms. The first-order valence-electron chi connectivity index (χ1n) is 7.16. The third kappa shape index (κ3) is 2.02. The normalized spacial score (nSPS) is 23.1. The minimum absolute atomic E-state index is 0.345. The first kappa shape index (κ1) is 11.7. The van der Waals surface area contributed by atoms with E-state index in [9.17, 15) is 0 Å². The van der Waals surface area contributed by atoms with Gasteiger partial charge in [-0.1, -0.05) is 60.7 Å². The summed E-state index contributed by atoms with van der Waals surface area (Å²) in [4.78, 5) is 0. The van der Waals surface area contributed by atoms with E-state index in [0.717, 1.165) is 13.0 Å². The monoisotopic (exact) mass is 260 g/mol. The average molecular weight is 260 g/mol. The summed E-state index contributed by atoms with van der Waals surface area (Å²) in [5.74, 6) is 0.623. The highest BCUT2D eigenvalue weighted by atomic mass is 16.5. The molecule has 1 saturated carbocycles. The molecule has 0 radical (unpaired) electrons. The summed E-state index contributed by atoms with van der Waals surface area (Å²) in [7, 11) is 0. The Hall–Kier alpha value is -2.08. The molecule has 2 aromatic rings. The van der Waals surface area contributed by atoms with Gasteiger partial charge in [-0.2, -0.15) is 0 Å². The molecule has 0 N–H and O–H groups in total. The zero-order chi connectivity index (χ0) is 13.4. The van der Waals surface area contributed by atoms with E-state index < -0.39 is 0 Å². The van der Waals surface area contributed by atoms with E-state index in [2.05, 4.69) is 54.3 Å². The van der Waals surface area contributed by atoms with Crippen molar-refractivity contribution < 1.29 is 4.74 Å². The molecule has 1 aliphatic carbocycles. The zero-order valence-electron chi connectivity index (χ0n) is 11.3. The molecule has 0 spiro atoms. The van der Waals surface area contributed by atoms with Crippen molar-refractivity contribution in [3.8, 4) is 0 Å². The number of fused-ring (bicyclic) bond motifs is 1. The molecule has 2 aromatic carbocycles. The van der Waals surface area contributed by atoms with Crippen molar-refractivity contribution in [1.29, 1.82) is 0 Å². The molecule has 2 aliphatic rings. The van der Waals surface area contributed by atoms with Gasteiger partial charge in [0.15, 0.2) is 0 Å². The molecule has 0 bridgehead atoms. The van der Waals surface area contributed by atoms with E-state index in [-0.39, 0.29) is 0 Å². The van der Waals surface area contributed by atoms with Crippen LogP contribution < -0.4 is 0 Å². The van der Waals surface area contributed by atoms with Gasteiger partial charge in [-0.3, -0.25) is 0 Å². The van der Waals surface area contributed by atoms with Gasteiger partial charge in [0, 0.05) is 23.7 Å². The summed E-state index contributed by atoms with van der Waals surface area (Å²) >= 11 is 0. The van der Waals surface area contributed by atoms with E-state index >= 15 is 0 Å². The first-order valence-corrected chi connectivity index (χ1v) is 7.16. The smallest absolute Gasteiger partial charge is 0.0935 e. The number of hydrogen-bond donors (Lipinski definition) is 0. The molecule has 0 unspecified atom stereocenters. The van der Waals surface area contributed by atoms with Gasteiger partial charge < -0.3 is 4.74 Å².